The lowest BCUT2D eigenvalue weighted by Crippen LogP contribution is -2.44. The maximum Gasteiger partial charge on any atom is 0.306 e. The number of quaternary nitrogens is 1. The van der Waals surface area contributed by atoms with Crippen LogP contribution in [0.4, 0.5) is 0 Å². The Morgan fingerprint density at radius 2 is 1.08 bits per heavy atom. The fourth-order valence-corrected chi connectivity index (χ4v) is 5.06. The van der Waals surface area contributed by atoms with E-state index in [9.17, 15) is 19.5 Å². The molecular formula is C40H73NO8. The average Bonchev–Trinajstić information content (AvgIpc) is 3.05. The first-order chi connectivity index (χ1) is 23.6. The number of carboxylic acid groups (broad SMARTS) is 1. The van der Waals surface area contributed by atoms with Crippen LogP contribution in [0.25, 0.3) is 0 Å². The third-order valence-corrected chi connectivity index (χ3v) is 8.15. The summed E-state index contributed by atoms with van der Waals surface area (Å²) in [4.78, 5) is 36.7. The second-order valence-electron chi connectivity index (χ2n) is 14.2. The Hall–Kier alpha value is -2.23. The topological polar surface area (TPSA) is 111 Å². The molecule has 0 N–H and O–H groups in total. The summed E-state index contributed by atoms with van der Waals surface area (Å²) in [6.45, 7) is 4.62. The van der Waals surface area contributed by atoms with E-state index in [-0.39, 0.29) is 38.6 Å². The van der Waals surface area contributed by atoms with Crippen LogP contribution in [0.5, 0.6) is 0 Å². The summed E-state index contributed by atoms with van der Waals surface area (Å²) in [5, 5.41) is 11.6. The van der Waals surface area contributed by atoms with Crippen LogP contribution in [0.15, 0.2) is 24.3 Å². The van der Waals surface area contributed by atoms with E-state index in [0.717, 1.165) is 77.0 Å². The Morgan fingerprint density at radius 3 is 1.59 bits per heavy atom. The number of allylic oxidation sites excluding steroid dienone is 4. The van der Waals surface area contributed by atoms with Crippen LogP contribution < -0.4 is 5.11 Å². The molecule has 49 heavy (non-hydrogen) atoms. The summed E-state index contributed by atoms with van der Waals surface area (Å²) < 4.78 is 22.4. The van der Waals surface area contributed by atoms with Gasteiger partial charge in [-0.1, -0.05) is 109 Å². The number of esters is 2. The molecule has 0 aromatic carbocycles. The van der Waals surface area contributed by atoms with Gasteiger partial charge in [-0.05, 0) is 57.8 Å². The molecule has 0 amide bonds. The van der Waals surface area contributed by atoms with Gasteiger partial charge >= 0.3 is 11.9 Å². The highest BCUT2D eigenvalue weighted by Gasteiger charge is 2.21. The molecule has 0 aliphatic heterocycles. The van der Waals surface area contributed by atoms with Gasteiger partial charge < -0.3 is 33.3 Å². The van der Waals surface area contributed by atoms with E-state index >= 15 is 0 Å². The van der Waals surface area contributed by atoms with Crippen molar-refractivity contribution < 1.29 is 42.9 Å². The molecular weight excluding hydrogens is 622 g/mol. The lowest BCUT2D eigenvalue weighted by molar-refractivity contribution is -0.870. The second-order valence-corrected chi connectivity index (χ2v) is 14.2. The Kier molecular flexibility index (Phi) is 31.4. The summed E-state index contributed by atoms with van der Waals surface area (Å²) >= 11 is 0. The smallest absolute Gasteiger partial charge is 0.306 e. The standard InChI is InChI=1S/C40H73NO8/c1-6-8-10-12-14-16-18-19-20-21-23-25-27-29-31-38(43)49-36(35-48-40(39(44)45)46-33-32-41(3,4)5)34-47-37(42)30-28-26-24-22-17-15-13-11-9-7-2/h11,13,18-19,36,40H,6-10,12,14-17,20-35H2,1-5H3/b13-11-,19-18-. The predicted molar refractivity (Wildman–Crippen MR) is 196 cm³/mol. The van der Waals surface area contributed by atoms with Gasteiger partial charge in [-0.3, -0.25) is 9.59 Å². The highest BCUT2D eigenvalue weighted by Crippen LogP contribution is 2.12. The predicted octanol–water partition coefficient (Wildman–Crippen LogP) is 7.99. The van der Waals surface area contributed by atoms with Crippen molar-refractivity contribution in [2.75, 3.05) is 47.5 Å². The summed E-state index contributed by atoms with van der Waals surface area (Å²) in [5.74, 6) is -2.31. The number of rotatable bonds is 35. The van der Waals surface area contributed by atoms with Crippen LogP contribution in [0, 0.1) is 0 Å². The van der Waals surface area contributed by atoms with Crippen molar-refractivity contribution >= 4 is 17.9 Å². The Morgan fingerprint density at radius 1 is 0.592 bits per heavy atom. The van der Waals surface area contributed by atoms with Crippen molar-refractivity contribution in [2.45, 2.75) is 167 Å². The van der Waals surface area contributed by atoms with E-state index in [2.05, 4.69) is 38.2 Å². The highest BCUT2D eigenvalue weighted by atomic mass is 16.7. The maximum atomic E-state index is 12.7. The van der Waals surface area contributed by atoms with Crippen LogP contribution >= 0.6 is 0 Å². The number of carboxylic acids is 1. The number of hydrogen-bond acceptors (Lipinski definition) is 8. The van der Waals surface area contributed by atoms with Gasteiger partial charge in [0.15, 0.2) is 12.4 Å². The number of ether oxygens (including phenoxy) is 4. The van der Waals surface area contributed by atoms with Crippen LogP contribution in [0.3, 0.4) is 0 Å². The molecule has 0 bridgehead atoms. The largest absolute Gasteiger partial charge is 0.545 e. The third-order valence-electron chi connectivity index (χ3n) is 8.15. The van der Waals surface area contributed by atoms with Gasteiger partial charge in [0.1, 0.15) is 13.2 Å². The lowest BCUT2D eigenvalue weighted by Gasteiger charge is -2.26. The van der Waals surface area contributed by atoms with E-state index in [1.54, 1.807) is 0 Å². The van der Waals surface area contributed by atoms with Crippen molar-refractivity contribution in [1.29, 1.82) is 0 Å². The number of hydrogen-bond donors (Lipinski definition) is 0. The normalized spacial score (nSPS) is 13.2. The molecule has 9 nitrogen and oxygen atoms in total. The molecule has 286 valence electrons. The molecule has 0 saturated carbocycles. The molecule has 0 spiro atoms. The van der Waals surface area contributed by atoms with Gasteiger partial charge in [0.05, 0.1) is 40.3 Å². The van der Waals surface area contributed by atoms with Gasteiger partial charge in [-0.2, -0.15) is 0 Å². The molecule has 0 radical (unpaired) electrons. The number of nitrogens with zero attached hydrogens (tertiary/aromatic N) is 1. The molecule has 0 aliphatic rings. The average molecular weight is 696 g/mol. The molecule has 0 rings (SSSR count). The maximum absolute atomic E-state index is 12.7. The van der Waals surface area contributed by atoms with Crippen LogP contribution in [0.1, 0.15) is 155 Å². The summed E-state index contributed by atoms with van der Waals surface area (Å²) in [5.41, 5.74) is 0. The van der Waals surface area contributed by atoms with Gasteiger partial charge in [-0.25, -0.2) is 0 Å². The molecule has 0 saturated heterocycles. The number of carbonyl (C=O) groups is 3. The Bertz CT molecular complexity index is 867. The Labute approximate surface area is 299 Å². The van der Waals surface area contributed by atoms with Gasteiger partial charge in [-0.15, -0.1) is 0 Å². The molecule has 9 heteroatoms. The Balaban J connectivity index is 4.55. The fourth-order valence-electron chi connectivity index (χ4n) is 5.06. The number of unbranched alkanes of at least 4 members (excludes halogenated alkanes) is 16. The number of carbonyl (C=O) groups excluding carboxylic acids is 3. The van der Waals surface area contributed by atoms with E-state index in [4.69, 9.17) is 18.9 Å². The van der Waals surface area contributed by atoms with Crippen molar-refractivity contribution in [3.05, 3.63) is 24.3 Å². The second kappa shape index (κ2) is 32.9. The van der Waals surface area contributed by atoms with Crippen molar-refractivity contribution in [3.63, 3.8) is 0 Å². The lowest BCUT2D eigenvalue weighted by atomic mass is 10.1. The van der Waals surface area contributed by atoms with Crippen LogP contribution in [0.2, 0.25) is 0 Å². The van der Waals surface area contributed by atoms with E-state index in [1.807, 2.05) is 21.1 Å². The first-order valence-electron chi connectivity index (χ1n) is 19.5. The third kappa shape index (κ3) is 34.0. The first kappa shape index (κ1) is 46.8. The van der Waals surface area contributed by atoms with Crippen LogP contribution in [-0.4, -0.2) is 82.3 Å². The van der Waals surface area contributed by atoms with Gasteiger partial charge in [0.25, 0.3) is 0 Å². The van der Waals surface area contributed by atoms with Gasteiger partial charge in [0.2, 0.25) is 0 Å². The SMILES string of the molecule is CCC/C=C\CCCCCCCC(=O)OCC(COC(OCC[N+](C)(C)C)C(=O)[O-])OC(=O)CCCCCCC/C=C\CCCCCCC. The van der Waals surface area contributed by atoms with Gasteiger partial charge in [0, 0.05) is 12.8 Å². The highest BCUT2D eigenvalue weighted by molar-refractivity contribution is 5.70. The van der Waals surface area contributed by atoms with Crippen molar-refractivity contribution in [2.24, 2.45) is 0 Å². The minimum Gasteiger partial charge on any atom is -0.545 e. The fraction of sp³-hybridized carbons (Fsp3) is 0.825. The molecule has 0 aromatic rings. The summed E-state index contributed by atoms with van der Waals surface area (Å²) in [7, 11) is 5.89. The number of aliphatic carboxylic acids is 1. The quantitative estimate of drug-likeness (QED) is 0.0216. The molecule has 0 aromatic heterocycles. The zero-order valence-corrected chi connectivity index (χ0v) is 32.1. The monoisotopic (exact) mass is 696 g/mol. The first-order valence-corrected chi connectivity index (χ1v) is 19.5. The van der Waals surface area contributed by atoms with E-state index < -0.39 is 24.3 Å². The van der Waals surface area contributed by atoms with Crippen molar-refractivity contribution in [3.8, 4) is 0 Å². The van der Waals surface area contributed by atoms with E-state index in [0.29, 0.717) is 17.4 Å². The number of likely N-dealkylation sites (N-methyl/N-ethyl adjacent to an activating group) is 1. The van der Waals surface area contributed by atoms with Crippen LogP contribution in [-0.2, 0) is 33.3 Å². The zero-order valence-electron chi connectivity index (χ0n) is 32.1. The minimum absolute atomic E-state index is 0.145. The minimum atomic E-state index is -1.62. The molecule has 0 heterocycles. The van der Waals surface area contributed by atoms with E-state index in [1.165, 1.54) is 44.9 Å². The zero-order chi connectivity index (χ0) is 36.4. The molecule has 2 unspecified atom stereocenters. The molecule has 0 fully saturated rings. The summed E-state index contributed by atoms with van der Waals surface area (Å²) in [6.07, 6.45) is 29.3. The van der Waals surface area contributed by atoms with Crippen molar-refractivity contribution in [1.82, 2.24) is 0 Å². The summed E-state index contributed by atoms with van der Waals surface area (Å²) in [6, 6.07) is 0. The molecule has 2 atom stereocenters. The molecule has 0 aliphatic carbocycles.